The zero-order valence-electron chi connectivity index (χ0n) is 22.0. The highest BCUT2D eigenvalue weighted by atomic mass is 32.1. The van der Waals surface area contributed by atoms with Crippen LogP contribution in [0, 0.1) is 6.92 Å². The van der Waals surface area contributed by atoms with Gasteiger partial charge in [-0.2, -0.15) is 0 Å². The van der Waals surface area contributed by atoms with Gasteiger partial charge in [0, 0.05) is 29.2 Å². The molecule has 1 saturated carbocycles. The van der Waals surface area contributed by atoms with Gasteiger partial charge in [-0.25, -0.2) is 14.8 Å². The van der Waals surface area contributed by atoms with Crippen LogP contribution in [0.25, 0.3) is 0 Å². The number of fused-ring (bicyclic) bond motifs is 1. The Morgan fingerprint density at radius 1 is 1.16 bits per heavy atom. The lowest BCUT2D eigenvalue weighted by Crippen LogP contribution is -2.47. The van der Waals surface area contributed by atoms with E-state index in [-0.39, 0.29) is 24.8 Å². The third kappa shape index (κ3) is 6.27. The molecule has 200 valence electrons. The maximum Gasteiger partial charge on any atom is 0.410 e. The minimum atomic E-state index is -0.289. The number of benzene rings is 2. The van der Waals surface area contributed by atoms with Gasteiger partial charge >= 0.3 is 6.09 Å². The van der Waals surface area contributed by atoms with E-state index in [4.69, 9.17) is 15.2 Å². The Kier molecular flexibility index (Phi) is 8.12. The Labute approximate surface area is 228 Å². The van der Waals surface area contributed by atoms with Crippen molar-refractivity contribution < 1.29 is 14.3 Å². The fourth-order valence-electron chi connectivity index (χ4n) is 5.04. The number of hydrogen-bond donors (Lipinski definition) is 1. The first-order chi connectivity index (χ1) is 18.5. The molecule has 3 aromatic rings. The molecule has 1 aromatic heterocycles. The molecule has 1 amide bonds. The summed E-state index contributed by atoms with van der Waals surface area (Å²) in [5.74, 6) is 1.93. The van der Waals surface area contributed by atoms with Crippen molar-refractivity contribution in [2.24, 2.45) is 10.7 Å². The molecule has 2 heterocycles. The van der Waals surface area contributed by atoms with Gasteiger partial charge in [-0.15, -0.1) is 11.3 Å². The molecule has 0 bridgehead atoms. The van der Waals surface area contributed by atoms with Crippen molar-refractivity contribution in [3.8, 4) is 11.5 Å². The van der Waals surface area contributed by atoms with Crippen LogP contribution in [0.1, 0.15) is 55.3 Å². The topological polar surface area (TPSA) is 93.3 Å². The van der Waals surface area contributed by atoms with Crippen molar-refractivity contribution in [1.29, 1.82) is 0 Å². The van der Waals surface area contributed by atoms with Gasteiger partial charge < -0.3 is 20.1 Å². The van der Waals surface area contributed by atoms with Crippen molar-refractivity contribution in [3.63, 3.8) is 0 Å². The molecule has 5 rings (SSSR count). The molecule has 1 atom stereocenters. The Morgan fingerprint density at radius 3 is 2.68 bits per heavy atom. The van der Waals surface area contributed by atoms with Crippen LogP contribution in [0.15, 0.2) is 58.9 Å². The lowest BCUT2D eigenvalue weighted by Gasteiger charge is -2.35. The zero-order valence-corrected chi connectivity index (χ0v) is 22.8. The minimum Gasteiger partial charge on any atom is -0.457 e. The molecule has 2 aromatic carbocycles. The third-order valence-corrected chi connectivity index (χ3v) is 8.05. The number of thiazole rings is 1. The van der Waals surface area contributed by atoms with E-state index in [1.807, 2.05) is 77.6 Å². The van der Waals surface area contributed by atoms with E-state index in [0.717, 1.165) is 59.1 Å². The Morgan fingerprint density at radius 2 is 1.95 bits per heavy atom. The quantitative estimate of drug-likeness (QED) is 0.362. The zero-order chi connectivity index (χ0) is 26.5. The number of hydrogen-bond acceptors (Lipinski definition) is 8. The predicted molar refractivity (Wildman–Crippen MR) is 150 cm³/mol. The van der Waals surface area contributed by atoms with Gasteiger partial charge in [-0.05, 0) is 57.0 Å². The fourth-order valence-corrected chi connectivity index (χ4v) is 5.81. The smallest absolute Gasteiger partial charge is 0.410 e. The molecule has 0 saturated heterocycles. The maximum absolute atomic E-state index is 13.3. The van der Waals surface area contributed by atoms with Crippen LogP contribution < -0.4 is 10.5 Å². The minimum absolute atomic E-state index is 0.148. The molecule has 0 unspecified atom stereocenters. The standard InChI is InChI=1S/C29H35N5O3S/c1-20-19-38-27(31-20)17-34(23-9-5-3-6-10-23)29(35)36-18-21(2)33-16-22-15-25(13-14-26(22)32-28(33)30)37-24-11-7-4-8-12-24/h4,7-8,11-15,19,21,23H,3,5-6,9-10,16-18H2,1-2H3,(H2,30,32)/t21-/m1/s1. The van der Waals surface area contributed by atoms with Crippen LogP contribution in [0.3, 0.4) is 0 Å². The molecule has 0 spiro atoms. The van der Waals surface area contributed by atoms with Crippen LogP contribution in [-0.4, -0.2) is 45.5 Å². The normalized spacial score (nSPS) is 16.4. The number of nitrogens with two attached hydrogens (primary N) is 1. The number of aryl methyl sites for hydroxylation is 1. The second-order valence-electron chi connectivity index (χ2n) is 10.0. The molecular formula is C29H35N5O3S. The average molecular weight is 534 g/mol. The van der Waals surface area contributed by atoms with Crippen LogP contribution in [0.5, 0.6) is 11.5 Å². The van der Waals surface area contributed by atoms with Gasteiger partial charge in [0.05, 0.1) is 18.3 Å². The predicted octanol–water partition coefficient (Wildman–Crippen LogP) is 6.37. The van der Waals surface area contributed by atoms with Gasteiger partial charge in [0.1, 0.15) is 23.1 Å². The second kappa shape index (κ2) is 11.9. The summed E-state index contributed by atoms with van der Waals surface area (Å²) in [4.78, 5) is 26.3. The molecule has 2 aliphatic rings. The molecule has 1 aliphatic carbocycles. The first-order valence-corrected chi connectivity index (χ1v) is 14.2. The van der Waals surface area contributed by atoms with Gasteiger partial charge in [0.25, 0.3) is 0 Å². The summed E-state index contributed by atoms with van der Waals surface area (Å²) in [6.07, 6.45) is 5.22. The average Bonchev–Trinajstić information content (AvgIpc) is 3.35. The highest BCUT2D eigenvalue weighted by molar-refractivity contribution is 7.09. The lowest BCUT2D eigenvalue weighted by atomic mass is 9.94. The largest absolute Gasteiger partial charge is 0.457 e. The summed E-state index contributed by atoms with van der Waals surface area (Å²) >= 11 is 1.59. The Balaban J connectivity index is 1.23. The Hall–Kier alpha value is -3.59. The number of aromatic nitrogens is 1. The number of carbonyl (C=O) groups excluding carboxylic acids is 1. The van der Waals surface area contributed by atoms with Crippen molar-refractivity contribution in [2.45, 2.75) is 71.1 Å². The van der Waals surface area contributed by atoms with Crippen LogP contribution in [0.2, 0.25) is 0 Å². The van der Waals surface area contributed by atoms with E-state index in [0.29, 0.717) is 19.0 Å². The number of guanidine groups is 1. The number of amides is 1. The Bertz CT molecular complexity index is 1270. The third-order valence-electron chi connectivity index (χ3n) is 7.10. The van der Waals surface area contributed by atoms with Gasteiger partial charge in [0.2, 0.25) is 0 Å². The van der Waals surface area contributed by atoms with Gasteiger partial charge in [-0.3, -0.25) is 4.90 Å². The van der Waals surface area contributed by atoms with Crippen molar-refractivity contribution >= 4 is 29.1 Å². The molecule has 38 heavy (non-hydrogen) atoms. The number of rotatable bonds is 8. The van der Waals surface area contributed by atoms with Crippen molar-refractivity contribution in [1.82, 2.24) is 14.8 Å². The summed E-state index contributed by atoms with van der Waals surface area (Å²) in [5.41, 5.74) is 9.14. The molecule has 0 radical (unpaired) electrons. The van der Waals surface area contributed by atoms with Gasteiger partial charge in [-0.1, -0.05) is 37.5 Å². The van der Waals surface area contributed by atoms with E-state index < -0.39 is 0 Å². The summed E-state index contributed by atoms with van der Waals surface area (Å²) in [7, 11) is 0. The SMILES string of the molecule is Cc1csc(CN(C(=O)OC[C@@H](C)N2Cc3cc(Oc4ccccc4)ccc3N=C2N)C2CCCCC2)n1. The molecule has 2 N–H and O–H groups in total. The number of ether oxygens (including phenoxy) is 2. The molecular weight excluding hydrogens is 498 g/mol. The van der Waals surface area contributed by atoms with E-state index in [1.165, 1.54) is 6.42 Å². The monoisotopic (exact) mass is 533 g/mol. The molecule has 1 aliphatic heterocycles. The number of carbonyl (C=O) groups is 1. The molecule has 8 nitrogen and oxygen atoms in total. The first-order valence-electron chi connectivity index (χ1n) is 13.3. The summed E-state index contributed by atoms with van der Waals surface area (Å²) < 4.78 is 11.9. The maximum atomic E-state index is 13.3. The lowest BCUT2D eigenvalue weighted by molar-refractivity contribution is 0.0588. The van der Waals surface area contributed by atoms with Crippen LogP contribution in [-0.2, 0) is 17.8 Å². The number of nitrogens with zero attached hydrogens (tertiary/aromatic N) is 4. The van der Waals surface area contributed by atoms with E-state index in [2.05, 4.69) is 9.98 Å². The highest BCUT2D eigenvalue weighted by Gasteiger charge is 2.29. The van der Waals surface area contributed by atoms with Crippen molar-refractivity contribution in [3.05, 3.63) is 70.2 Å². The summed E-state index contributed by atoms with van der Waals surface area (Å²) in [6.45, 7) is 5.23. The van der Waals surface area contributed by atoms with Crippen molar-refractivity contribution in [2.75, 3.05) is 6.61 Å². The highest BCUT2D eigenvalue weighted by Crippen LogP contribution is 2.32. The summed E-state index contributed by atoms with van der Waals surface area (Å²) in [6, 6.07) is 15.5. The van der Waals surface area contributed by atoms with Crippen LogP contribution in [0.4, 0.5) is 10.5 Å². The number of aliphatic imine (C=N–C) groups is 1. The van der Waals surface area contributed by atoms with E-state index in [1.54, 1.807) is 11.3 Å². The van der Waals surface area contributed by atoms with Gasteiger partial charge in [0.15, 0.2) is 5.96 Å². The summed E-state index contributed by atoms with van der Waals surface area (Å²) in [5, 5.41) is 2.96. The van der Waals surface area contributed by atoms with Crippen LogP contribution >= 0.6 is 11.3 Å². The number of para-hydroxylation sites is 1. The first kappa shape index (κ1) is 26.0. The van der Waals surface area contributed by atoms with E-state index >= 15 is 0 Å². The molecule has 9 heteroatoms. The second-order valence-corrected chi connectivity index (χ2v) is 11.0. The molecule has 1 fully saturated rings. The fraction of sp³-hybridized carbons (Fsp3) is 0.414. The van der Waals surface area contributed by atoms with E-state index in [9.17, 15) is 4.79 Å².